The van der Waals surface area contributed by atoms with Crippen LogP contribution in [0.2, 0.25) is 0 Å². The Balaban J connectivity index is 1.54. The summed E-state index contributed by atoms with van der Waals surface area (Å²) in [6.07, 6.45) is 4.43. The van der Waals surface area contributed by atoms with Gasteiger partial charge >= 0.3 is 0 Å². The van der Waals surface area contributed by atoms with Gasteiger partial charge in [0.15, 0.2) is 0 Å². The van der Waals surface area contributed by atoms with Gasteiger partial charge in [-0.3, -0.25) is 9.59 Å². The number of hydrogen-bond donors (Lipinski definition) is 2. The Bertz CT molecular complexity index is 584. The van der Waals surface area contributed by atoms with E-state index in [1.807, 2.05) is 30.3 Å². The van der Waals surface area contributed by atoms with E-state index >= 15 is 0 Å². The highest BCUT2D eigenvalue weighted by atomic mass is 16.2. The predicted octanol–water partition coefficient (Wildman–Crippen LogP) is 2.32. The molecular weight excluding hydrogens is 314 g/mol. The van der Waals surface area contributed by atoms with Crippen LogP contribution in [-0.2, 0) is 9.59 Å². The molecule has 0 spiro atoms. The van der Waals surface area contributed by atoms with E-state index in [9.17, 15) is 9.59 Å². The number of nitrogens with one attached hydrogen (secondary N) is 2. The average molecular weight is 343 g/mol. The Hall–Kier alpha value is -1.88. The van der Waals surface area contributed by atoms with E-state index in [-0.39, 0.29) is 17.9 Å². The summed E-state index contributed by atoms with van der Waals surface area (Å²) in [5.41, 5.74) is 0.912. The van der Waals surface area contributed by atoms with Crippen molar-refractivity contribution in [3.63, 3.8) is 0 Å². The molecule has 0 aromatic heterocycles. The van der Waals surface area contributed by atoms with Gasteiger partial charge in [-0.2, -0.15) is 0 Å². The summed E-state index contributed by atoms with van der Waals surface area (Å²) in [6.45, 7) is 4.97. The largest absolute Gasteiger partial charge is 0.344 e. The van der Waals surface area contributed by atoms with Gasteiger partial charge in [0.05, 0.1) is 0 Å². The van der Waals surface area contributed by atoms with E-state index in [1.165, 1.54) is 0 Å². The third kappa shape index (κ3) is 4.60. The lowest BCUT2D eigenvalue weighted by Crippen LogP contribution is -2.52. The van der Waals surface area contributed by atoms with Gasteiger partial charge in [-0.05, 0) is 62.7 Å². The van der Waals surface area contributed by atoms with Crippen molar-refractivity contribution < 1.29 is 9.59 Å². The molecule has 0 aliphatic carbocycles. The summed E-state index contributed by atoms with van der Waals surface area (Å²) >= 11 is 0. The average Bonchev–Trinajstić information content (AvgIpc) is 2.65. The minimum atomic E-state index is -0.387. The Morgan fingerprint density at radius 3 is 2.68 bits per heavy atom. The molecule has 2 saturated heterocycles. The predicted molar refractivity (Wildman–Crippen MR) is 99.3 cm³/mol. The summed E-state index contributed by atoms with van der Waals surface area (Å²) in [7, 11) is 0. The monoisotopic (exact) mass is 343 g/mol. The number of carbonyl (C=O) groups excluding carboxylic acids is 2. The number of carbonyl (C=O) groups is 2. The highest BCUT2D eigenvalue weighted by Crippen LogP contribution is 2.25. The Labute approximate surface area is 150 Å². The quantitative estimate of drug-likeness (QED) is 0.862. The number of amides is 2. The normalized spacial score (nSPS) is 23.3. The highest BCUT2D eigenvalue weighted by Gasteiger charge is 2.31. The van der Waals surface area contributed by atoms with Crippen molar-refractivity contribution in [2.75, 3.05) is 24.5 Å². The van der Waals surface area contributed by atoms with Gasteiger partial charge in [0.25, 0.3) is 0 Å². The summed E-state index contributed by atoms with van der Waals surface area (Å²) in [5, 5.41) is 6.36. The SMILES string of the molecule is CC(CC(=O)NC1CCCN(c2ccccc2)C1=O)C1CCNCC1. The molecule has 2 unspecified atom stereocenters. The van der Waals surface area contributed by atoms with Crippen molar-refractivity contribution in [2.24, 2.45) is 11.8 Å². The lowest BCUT2D eigenvalue weighted by Gasteiger charge is -2.33. The molecule has 2 aliphatic heterocycles. The molecule has 0 bridgehead atoms. The molecule has 0 saturated carbocycles. The van der Waals surface area contributed by atoms with Gasteiger partial charge in [0.1, 0.15) is 6.04 Å². The van der Waals surface area contributed by atoms with Crippen LogP contribution >= 0.6 is 0 Å². The van der Waals surface area contributed by atoms with Crippen molar-refractivity contribution in [1.29, 1.82) is 0 Å². The minimum absolute atomic E-state index is 0.0132. The maximum atomic E-state index is 12.8. The fraction of sp³-hybridized carbons (Fsp3) is 0.600. The Morgan fingerprint density at radius 1 is 1.24 bits per heavy atom. The smallest absolute Gasteiger partial charge is 0.249 e. The van der Waals surface area contributed by atoms with Crippen LogP contribution in [0.25, 0.3) is 0 Å². The first-order valence-corrected chi connectivity index (χ1v) is 9.51. The second kappa shape index (κ2) is 8.48. The second-order valence-corrected chi connectivity index (χ2v) is 7.36. The zero-order chi connectivity index (χ0) is 17.6. The van der Waals surface area contributed by atoms with E-state index in [1.54, 1.807) is 4.90 Å². The molecule has 2 atom stereocenters. The first-order chi connectivity index (χ1) is 12.1. The van der Waals surface area contributed by atoms with Crippen molar-refractivity contribution >= 4 is 17.5 Å². The molecule has 5 nitrogen and oxygen atoms in total. The van der Waals surface area contributed by atoms with Crippen molar-refractivity contribution in [3.05, 3.63) is 30.3 Å². The molecule has 2 amide bonds. The number of piperidine rings is 2. The van der Waals surface area contributed by atoms with E-state index < -0.39 is 0 Å². The summed E-state index contributed by atoms with van der Waals surface area (Å²) in [6, 6.07) is 9.32. The summed E-state index contributed by atoms with van der Waals surface area (Å²) in [5.74, 6) is 1.00. The first-order valence-electron chi connectivity index (χ1n) is 9.51. The molecule has 0 radical (unpaired) electrons. The van der Waals surface area contributed by atoms with Crippen LogP contribution in [0.15, 0.2) is 30.3 Å². The molecule has 1 aromatic rings. The number of hydrogen-bond acceptors (Lipinski definition) is 3. The lowest BCUT2D eigenvalue weighted by molar-refractivity contribution is -0.129. The molecule has 2 aliphatic rings. The van der Waals surface area contributed by atoms with Gasteiger partial charge < -0.3 is 15.5 Å². The third-order valence-electron chi connectivity index (χ3n) is 5.54. The number of para-hydroxylation sites is 1. The van der Waals surface area contributed by atoms with Gasteiger partial charge in [0.2, 0.25) is 11.8 Å². The van der Waals surface area contributed by atoms with Gasteiger partial charge in [-0.25, -0.2) is 0 Å². The number of rotatable bonds is 5. The van der Waals surface area contributed by atoms with Gasteiger partial charge in [-0.15, -0.1) is 0 Å². The number of nitrogens with zero attached hydrogens (tertiary/aromatic N) is 1. The molecular formula is C20H29N3O2. The van der Waals surface area contributed by atoms with Crippen molar-refractivity contribution in [3.8, 4) is 0 Å². The zero-order valence-electron chi connectivity index (χ0n) is 15.0. The maximum Gasteiger partial charge on any atom is 0.249 e. The second-order valence-electron chi connectivity index (χ2n) is 7.36. The molecule has 2 heterocycles. The van der Waals surface area contributed by atoms with E-state index in [4.69, 9.17) is 0 Å². The topological polar surface area (TPSA) is 61.4 Å². The van der Waals surface area contributed by atoms with Crippen LogP contribution in [0.4, 0.5) is 5.69 Å². The maximum absolute atomic E-state index is 12.8. The molecule has 5 heteroatoms. The van der Waals surface area contributed by atoms with E-state index in [2.05, 4.69) is 17.6 Å². The molecule has 2 N–H and O–H groups in total. The van der Waals surface area contributed by atoms with Crippen molar-refractivity contribution in [1.82, 2.24) is 10.6 Å². The van der Waals surface area contributed by atoms with Gasteiger partial charge in [0, 0.05) is 18.7 Å². The number of benzene rings is 1. The Kier molecular flexibility index (Phi) is 6.08. The van der Waals surface area contributed by atoms with Crippen LogP contribution in [0.5, 0.6) is 0 Å². The molecule has 2 fully saturated rings. The minimum Gasteiger partial charge on any atom is -0.344 e. The lowest BCUT2D eigenvalue weighted by atomic mass is 9.84. The molecule has 3 rings (SSSR count). The van der Waals surface area contributed by atoms with Crippen molar-refractivity contribution in [2.45, 2.75) is 45.1 Å². The van der Waals surface area contributed by atoms with E-state index in [0.29, 0.717) is 18.3 Å². The highest BCUT2D eigenvalue weighted by molar-refractivity contribution is 5.99. The fourth-order valence-electron chi connectivity index (χ4n) is 4.00. The first kappa shape index (κ1) is 17.9. The number of anilines is 1. The van der Waals surface area contributed by atoms with Crippen LogP contribution in [0, 0.1) is 11.8 Å². The van der Waals surface area contributed by atoms with Crippen LogP contribution in [-0.4, -0.2) is 37.5 Å². The summed E-state index contributed by atoms with van der Waals surface area (Å²) < 4.78 is 0. The Morgan fingerprint density at radius 2 is 1.96 bits per heavy atom. The van der Waals surface area contributed by atoms with E-state index in [0.717, 1.165) is 51.0 Å². The zero-order valence-corrected chi connectivity index (χ0v) is 15.0. The summed E-state index contributed by atoms with van der Waals surface area (Å²) in [4.78, 5) is 27.0. The van der Waals surface area contributed by atoms with Crippen LogP contribution in [0.3, 0.4) is 0 Å². The fourth-order valence-corrected chi connectivity index (χ4v) is 4.00. The molecule has 136 valence electrons. The van der Waals surface area contributed by atoms with Crippen LogP contribution in [0.1, 0.15) is 39.0 Å². The molecule has 1 aromatic carbocycles. The third-order valence-corrected chi connectivity index (χ3v) is 5.54. The standard InChI is InChI=1S/C20H29N3O2/c1-15(16-9-11-21-12-10-16)14-19(24)22-18-8-5-13-23(20(18)25)17-6-3-2-4-7-17/h2-4,6-7,15-16,18,21H,5,8-14H2,1H3,(H,22,24). The van der Waals surface area contributed by atoms with Gasteiger partial charge in [-0.1, -0.05) is 25.1 Å². The molecule has 25 heavy (non-hydrogen) atoms. The van der Waals surface area contributed by atoms with Crippen LogP contribution < -0.4 is 15.5 Å².